The lowest BCUT2D eigenvalue weighted by molar-refractivity contribution is -0.114. The van der Waals surface area contributed by atoms with E-state index in [0.717, 1.165) is 12.8 Å². The summed E-state index contributed by atoms with van der Waals surface area (Å²) in [5.74, 6) is 0. The van der Waals surface area contributed by atoms with Crippen LogP contribution in [0.5, 0.6) is 0 Å². The van der Waals surface area contributed by atoms with Gasteiger partial charge in [0.25, 0.3) is 0 Å². The summed E-state index contributed by atoms with van der Waals surface area (Å²) in [6.45, 7) is 3.21. The molecule has 5 heteroatoms. The molecule has 4 nitrogen and oxygen atoms in total. The summed E-state index contributed by atoms with van der Waals surface area (Å²) in [6, 6.07) is -0.261. The fourth-order valence-corrected chi connectivity index (χ4v) is 2.68. The maximum Gasteiger partial charge on any atom is 0.318 e. The van der Waals surface area contributed by atoms with Gasteiger partial charge in [-0.3, -0.25) is 4.79 Å². The number of amides is 2. The van der Waals surface area contributed by atoms with Crippen LogP contribution in [0.15, 0.2) is 0 Å². The number of carbonyl (C=O) groups is 2. The van der Waals surface area contributed by atoms with Gasteiger partial charge >= 0.3 is 6.03 Å². The molecule has 1 saturated heterocycles. The van der Waals surface area contributed by atoms with Crippen LogP contribution in [0.2, 0.25) is 0 Å². The molecular weight excluding hydrogens is 212 g/mol. The molecule has 0 aliphatic carbocycles. The summed E-state index contributed by atoms with van der Waals surface area (Å²) in [5.41, 5.74) is 0. The highest BCUT2D eigenvalue weighted by molar-refractivity contribution is 8.28. The molecule has 0 aromatic heterocycles. The lowest BCUT2D eigenvalue weighted by atomic mass is 10.2. The first kappa shape index (κ1) is 12.4. The summed E-state index contributed by atoms with van der Waals surface area (Å²) >= 11 is 0. The Bertz CT molecular complexity index is 256. The third-order valence-electron chi connectivity index (χ3n) is 2.57. The number of thiol groups is 1. The average Bonchev–Trinajstić information content (AvgIpc) is 2.65. The fraction of sp³-hybridized carbons (Fsp3) is 0.800. The van der Waals surface area contributed by atoms with Gasteiger partial charge in [-0.15, -0.1) is 0 Å². The predicted molar refractivity (Wildman–Crippen MR) is 64.6 cm³/mol. The number of likely N-dealkylation sites (tertiary alicyclic amines) is 1. The number of hydrogen-bond donors (Lipinski definition) is 2. The van der Waals surface area contributed by atoms with Crippen molar-refractivity contribution in [3.8, 4) is 0 Å². The lowest BCUT2D eigenvalue weighted by Crippen LogP contribution is -2.45. The van der Waals surface area contributed by atoms with E-state index in [0.29, 0.717) is 13.1 Å². The summed E-state index contributed by atoms with van der Waals surface area (Å²) in [5, 5.41) is 3.00. The van der Waals surface area contributed by atoms with Gasteiger partial charge in [0.1, 0.15) is 6.04 Å². The summed E-state index contributed by atoms with van der Waals surface area (Å²) in [6.07, 6.45) is 5.67. The molecule has 0 saturated carbocycles. The molecular formula is C10H20N2O2S. The molecule has 0 radical (unpaired) electrons. The first-order chi connectivity index (χ1) is 7.07. The minimum atomic E-state index is -0.594. The average molecular weight is 232 g/mol. The van der Waals surface area contributed by atoms with Gasteiger partial charge in [0.05, 0.1) is 0 Å². The van der Waals surface area contributed by atoms with Gasteiger partial charge in [0.2, 0.25) is 0 Å². The number of urea groups is 1. The Balaban J connectivity index is 2.64. The molecule has 1 rings (SSSR count). The first-order valence-electron chi connectivity index (χ1n) is 5.33. The van der Waals surface area contributed by atoms with Crippen molar-refractivity contribution in [1.82, 2.24) is 10.2 Å². The van der Waals surface area contributed by atoms with Gasteiger partial charge in [-0.2, -0.15) is 10.9 Å². The normalized spacial score (nSPS) is 21.4. The van der Waals surface area contributed by atoms with E-state index in [2.05, 4.69) is 5.32 Å². The van der Waals surface area contributed by atoms with Gasteiger partial charge in [0.15, 0.2) is 5.12 Å². The molecule has 1 aliphatic rings. The molecule has 1 heterocycles. The second-order valence-corrected chi connectivity index (χ2v) is 6.15. The standard InChI is InChI=1S/C10H20N2O2S/c1-4-11-10(14)12-7-5-6-8(12)9(13)15(2)3/h8,15H,4-7H2,1-3H3,(H,11,14)/t8-/m0/s1. The largest absolute Gasteiger partial charge is 0.338 e. The van der Waals surface area contributed by atoms with Gasteiger partial charge in [-0.25, -0.2) is 4.79 Å². The second-order valence-electron chi connectivity index (χ2n) is 3.92. The number of hydrogen-bond acceptors (Lipinski definition) is 2. The van der Waals surface area contributed by atoms with Crippen LogP contribution in [0.4, 0.5) is 4.79 Å². The summed E-state index contributed by atoms with van der Waals surface area (Å²) in [4.78, 5) is 25.2. The summed E-state index contributed by atoms with van der Waals surface area (Å²) in [7, 11) is -0.594. The Labute approximate surface area is 93.7 Å². The number of rotatable bonds is 2. The van der Waals surface area contributed by atoms with Crippen LogP contribution in [0, 0.1) is 0 Å². The van der Waals surface area contributed by atoms with Crippen molar-refractivity contribution in [3.05, 3.63) is 0 Å². The quantitative estimate of drug-likeness (QED) is 0.697. The molecule has 2 amide bonds. The molecule has 0 aromatic carbocycles. The highest BCUT2D eigenvalue weighted by atomic mass is 32.2. The maximum absolute atomic E-state index is 11.9. The molecule has 1 aliphatic heterocycles. The Hall–Kier alpha value is -0.710. The topological polar surface area (TPSA) is 49.4 Å². The van der Waals surface area contributed by atoms with Crippen molar-refractivity contribution in [3.63, 3.8) is 0 Å². The smallest absolute Gasteiger partial charge is 0.318 e. The molecule has 0 unspecified atom stereocenters. The monoisotopic (exact) mass is 232 g/mol. The van der Waals surface area contributed by atoms with Crippen LogP contribution in [-0.4, -0.2) is 47.7 Å². The van der Waals surface area contributed by atoms with Gasteiger partial charge in [-0.05, 0) is 32.3 Å². The minimum Gasteiger partial charge on any atom is -0.338 e. The van der Waals surface area contributed by atoms with E-state index in [4.69, 9.17) is 0 Å². The predicted octanol–water partition coefficient (Wildman–Crippen LogP) is 0.968. The lowest BCUT2D eigenvalue weighted by Gasteiger charge is -2.25. The van der Waals surface area contributed by atoms with Crippen LogP contribution in [-0.2, 0) is 4.79 Å². The zero-order chi connectivity index (χ0) is 11.4. The fourth-order valence-electron chi connectivity index (χ4n) is 1.82. The van der Waals surface area contributed by atoms with Crippen molar-refractivity contribution < 1.29 is 9.59 Å². The van der Waals surface area contributed by atoms with E-state index in [1.807, 2.05) is 19.4 Å². The second kappa shape index (κ2) is 5.39. The van der Waals surface area contributed by atoms with Gasteiger partial charge in [0, 0.05) is 13.1 Å². The Morgan fingerprint density at radius 2 is 2.13 bits per heavy atom. The molecule has 0 spiro atoms. The first-order valence-corrected chi connectivity index (χ1v) is 7.57. The zero-order valence-electron chi connectivity index (χ0n) is 9.62. The van der Waals surface area contributed by atoms with E-state index in [1.165, 1.54) is 0 Å². The SMILES string of the molecule is CCNC(=O)N1CCC[C@H]1C(=O)[SH](C)C. The van der Waals surface area contributed by atoms with Crippen molar-refractivity contribution in [2.45, 2.75) is 25.8 Å². The van der Waals surface area contributed by atoms with E-state index >= 15 is 0 Å². The molecule has 0 aromatic rings. The van der Waals surface area contributed by atoms with E-state index in [-0.39, 0.29) is 17.2 Å². The van der Waals surface area contributed by atoms with Crippen molar-refractivity contribution >= 4 is 22.0 Å². The molecule has 88 valence electrons. The molecule has 1 N–H and O–H groups in total. The third-order valence-corrected chi connectivity index (χ3v) is 3.75. The summed E-state index contributed by atoms with van der Waals surface area (Å²) < 4.78 is 0. The minimum absolute atomic E-state index is 0.0924. The highest BCUT2D eigenvalue weighted by Gasteiger charge is 2.34. The number of nitrogens with zero attached hydrogens (tertiary/aromatic N) is 1. The van der Waals surface area contributed by atoms with Gasteiger partial charge in [-0.1, -0.05) is 0 Å². The van der Waals surface area contributed by atoms with Crippen molar-refractivity contribution in [2.75, 3.05) is 25.6 Å². The van der Waals surface area contributed by atoms with Crippen LogP contribution >= 0.6 is 10.9 Å². The van der Waals surface area contributed by atoms with Crippen molar-refractivity contribution in [2.24, 2.45) is 0 Å². The maximum atomic E-state index is 11.9. The highest BCUT2D eigenvalue weighted by Crippen LogP contribution is 2.27. The molecule has 1 fully saturated rings. The van der Waals surface area contributed by atoms with Crippen LogP contribution in [0.1, 0.15) is 19.8 Å². The van der Waals surface area contributed by atoms with Crippen LogP contribution in [0.3, 0.4) is 0 Å². The molecule has 15 heavy (non-hydrogen) atoms. The van der Waals surface area contributed by atoms with E-state index in [1.54, 1.807) is 4.90 Å². The van der Waals surface area contributed by atoms with Crippen LogP contribution < -0.4 is 5.32 Å². The molecule has 0 bridgehead atoms. The van der Waals surface area contributed by atoms with Gasteiger partial charge < -0.3 is 10.2 Å². The number of nitrogens with one attached hydrogen (secondary N) is 1. The number of carbonyl (C=O) groups excluding carboxylic acids is 2. The third kappa shape index (κ3) is 2.87. The Morgan fingerprint density at radius 3 is 2.67 bits per heavy atom. The Morgan fingerprint density at radius 1 is 1.47 bits per heavy atom. The zero-order valence-corrected chi connectivity index (χ0v) is 10.5. The Kier molecular flexibility index (Phi) is 4.45. The van der Waals surface area contributed by atoms with Crippen LogP contribution in [0.25, 0.3) is 0 Å². The van der Waals surface area contributed by atoms with E-state index < -0.39 is 10.9 Å². The van der Waals surface area contributed by atoms with Crippen molar-refractivity contribution in [1.29, 1.82) is 0 Å². The molecule has 1 atom stereocenters. The van der Waals surface area contributed by atoms with E-state index in [9.17, 15) is 9.59 Å².